The summed E-state index contributed by atoms with van der Waals surface area (Å²) in [5.41, 5.74) is 7.02. The van der Waals surface area contributed by atoms with E-state index in [1.807, 2.05) is 13.8 Å². The molecule has 0 spiro atoms. The van der Waals surface area contributed by atoms with Crippen LogP contribution in [0.1, 0.15) is 24.2 Å². The number of oxazole rings is 1. The fraction of sp³-hybridized carbons (Fsp3) is 0.333. The molecule has 0 unspecified atom stereocenters. The summed E-state index contributed by atoms with van der Waals surface area (Å²) < 4.78 is 5.16. The fourth-order valence-corrected chi connectivity index (χ4v) is 1.48. The van der Waals surface area contributed by atoms with Gasteiger partial charge in [0, 0.05) is 17.5 Å². The minimum Gasteiger partial charge on any atom is -0.443 e. The van der Waals surface area contributed by atoms with E-state index in [0.29, 0.717) is 17.7 Å². The van der Waals surface area contributed by atoms with Gasteiger partial charge in [0.2, 0.25) is 0 Å². The van der Waals surface area contributed by atoms with Gasteiger partial charge in [-0.1, -0.05) is 13.8 Å². The van der Waals surface area contributed by atoms with Gasteiger partial charge in [-0.3, -0.25) is 4.79 Å². The van der Waals surface area contributed by atoms with E-state index in [-0.39, 0.29) is 5.78 Å². The quantitative estimate of drug-likeness (QED) is 0.800. The van der Waals surface area contributed by atoms with Crippen molar-refractivity contribution in [2.75, 3.05) is 6.54 Å². The molecule has 0 bridgehead atoms. The lowest BCUT2D eigenvalue weighted by Crippen LogP contribution is -2.32. The van der Waals surface area contributed by atoms with E-state index in [1.54, 1.807) is 18.2 Å². The van der Waals surface area contributed by atoms with Crippen LogP contribution in [-0.2, 0) is 0 Å². The molecule has 0 aliphatic heterocycles. The molecule has 0 fully saturated rings. The molecular weight excluding hydrogens is 204 g/mol. The summed E-state index contributed by atoms with van der Waals surface area (Å²) in [7, 11) is 0. The first-order chi connectivity index (χ1) is 7.54. The zero-order valence-corrected chi connectivity index (χ0v) is 9.36. The lowest BCUT2D eigenvalue weighted by molar-refractivity contribution is 0.0847. The van der Waals surface area contributed by atoms with Crippen LogP contribution in [-0.4, -0.2) is 17.3 Å². The summed E-state index contributed by atoms with van der Waals surface area (Å²) >= 11 is 0. The number of benzene rings is 1. The van der Waals surface area contributed by atoms with Crippen LogP contribution in [0.4, 0.5) is 0 Å². The van der Waals surface area contributed by atoms with Gasteiger partial charge in [-0.2, -0.15) is 0 Å². The van der Waals surface area contributed by atoms with Crippen LogP contribution >= 0.6 is 0 Å². The van der Waals surface area contributed by atoms with Gasteiger partial charge in [0.05, 0.1) is 0 Å². The molecule has 2 aromatic rings. The van der Waals surface area contributed by atoms with Crippen molar-refractivity contribution < 1.29 is 9.21 Å². The molecule has 0 saturated heterocycles. The van der Waals surface area contributed by atoms with Gasteiger partial charge in [-0.05, 0) is 18.2 Å². The molecule has 0 atom stereocenters. The lowest BCUT2D eigenvalue weighted by Gasteiger charge is -2.20. The summed E-state index contributed by atoms with van der Waals surface area (Å²) in [4.78, 5) is 16.1. The van der Waals surface area contributed by atoms with Gasteiger partial charge in [-0.25, -0.2) is 4.98 Å². The number of nitrogens with two attached hydrogens (primary N) is 1. The van der Waals surface area contributed by atoms with E-state index in [2.05, 4.69) is 4.98 Å². The number of rotatable bonds is 3. The molecule has 1 aromatic carbocycles. The van der Waals surface area contributed by atoms with Crippen molar-refractivity contribution in [3.63, 3.8) is 0 Å². The summed E-state index contributed by atoms with van der Waals surface area (Å²) in [6.07, 6.45) is 1.37. The predicted molar refractivity (Wildman–Crippen MR) is 61.2 cm³/mol. The summed E-state index contributed by atoms with van der Waals surface area (Å²) in [6.45, 7) is 3.99. The molecule has 4 nitrogen and oxygen atoms in total. The largest absolute Gasteiger partial charge is 0.443 e. The van der Waals surface area contributed by atoms with Gasteiger partial charge in [0.1, 0.15) is 5.52 Å². The Bertz CT molecular complexity index is 529. The molecule has 4 heteroatoms. The Balaban J connectivity index is 2.43. The predicted octanol–water partition coefficient (Wildman–Crippen LogP) is 2.00. The highest BCUT2D eigenvalue weighted by Gasteiger charge is 2.27. The van der Waals surface area contributed by atoms with E-state index >= 15 is 0 Å². The van der Waals surface area contributed by atoms with E-state index in [0.717, 1.165) is 5.52 Å². The number of nitrogens with zero attached hydrogens (tertiary/aromatic N) is 1. The van der Waals surface area contributed by atoms with Crippen molar-refractivity contribution in [3.05, 3.63) is 30.2 Å². The van der Waals surface area contributed by atoms with E-state index in [1.165, 1.54) is 6.39 Å². The average molecular weight is 218 g/mol. The van der Waals surface area contributed by atoms with Crippen LogP contribution in [0.3, 0.4) is 0 Å². The summed E-state index contributed by atoms with van der Waals surface area (Å²) in [5.74, 6) is 0.0216. The van der Waals surface area contributed by atoms with Crippen molar-refractivity contribution in [1.29, 1.82) is 0 Å². The standard InChI is InChI=1S/C12H14N2O2/c1-12(2,6-13)11(15)8-3-4-9-10(5-8)16-7-14-9/h3-5,7H,6,13H2,1-2H3. The molecular formula is C12H14N2O2. The topological polar surface area (TPSA) is 69.1 Å². The smallest absolute Gasteiger partial charge is 0.181 e. The number of carbonyl (C=O) groups excluding carboxylic acids is 1. The Labute approximate surface area is 93.5 Å². The van der Waals surface area contributed by atoms with Crippen LogP contribution < -0.4 is 5.73 Å². The number of hydrogen-bond acceptors (Lipinski definition) is 4. The maximum absolute atomic E-state index is 12.1. The molecule has 0 aliphatic carbocycles. The van der Waals surface area contributed by atoms with Crippen LogP contribution in [0.25, 0.3) is 11.1 Å². The number of Topliss-reactive ketones (excluding diaryl/α,β-unsaturated/α-hetero) is 1. The third-order valence-corrected chi connectivity index (χ3v) is 2.72. The Morgan fingerprint density at radius 2 is 2.25 bits per heavy atom. The maximum Gasteiger partial charge on any atom is 0.181 e. The van der Waals surface area contributed by atoms with Crippen molar-refractivity contribution >= 4 is 16.9 Å². The number of ketones is 1. The van der Waals surface area contributed by atoms with E-state index in [4.69, 9.17) is 10.2 Å². The molecule has 1 aromatic heterocycles. The van der Waals surface area contributed by atoms with Gasteiger partial charge >= 0.3 is 0 Å². The second-order valence-electron chi connectivity index (χ2n) is 4.45. The Morgan fingerprint density at radius 3 is 2.94 bits per heavy atom. The molecule has 84 valence electrons. The second kappa shape index (κ2) is 3.72. The van der Waals surface area contributed by atoms with Crippen molar-refractivity contribution in [2.24, 2.45) is 11.1 Å². The SMILES string of the molecule is CC(C)(CN)C(=O)c1ccc2ncoc2c1. The number of hydrogen-bond donors (Lipinski definition) is 1. The normalized spacial score (nSPS) is 11.9. The zero-order chi connectivity index (χ0) is 11.8. The van der Waals surface area contributed by atoms with Crippen LogP contribution in [0.15, 0.2) is 29.0 Å². The highest BCUT2D eigenvalue weighted by molar-refractivity contribution is 6.02. The van der Waals surface area contributed by atoms with Crippen molar-refractivity contribution in [1.82, 2.24) is 4.98 Å². The molecule has 16 heavy (non-hydrogen) atoms. The fourth-order valence-electron chi connectivity index (χ4n) is 1.48. The van der Waals surface area contributed by atoms with E-state index < -0.39 is 5.41 Å². The maximum atomic E-state index is 12.1. The minimum atomic E-state index is -0.548. The number of carbonyl (C=O) groups is 1. The Kier molecular flexibility index (Phi) is 2.52. The van der Waals surface area contributed by atoms with Crippen LogP contribution in [0.2, 0.25) is 0 Å². The highest BCUT2D eigenvalue weighted by atomic mass is 16.3. The minimum absolute atomic E-state index is 0.0216. The Hall–Kier alpha value is -1.68. The van der Waals surface area contributed by atoms with Gasteiger partial charge < -0.3 is 10.2 Å². The number of fused-ring (bicyclic) bond motifs is 1. The van der Waals surface area contributed by atoms with E-state index in [9.17, 15) is 4.79 Å². The monoisotopic (exact) mass is 218 g/mol. The molecule has 2 N–H and O–H groups in total. The second-order valence-corrected chi connectivity index (χ2v) is 4.45. The molecule has 1 heterocycles. The third-order valence-electron chi connectivity index (χ3n) is 2.72. The molecule has 2 rings (SSSR count). The van der Waals surface area contributed by atoms with Gasteiger partial charge in [0.25, 0.3) is 0 Å². The zero-order valence-electron chi connectivity index (χ0n) is 9.36. The first-order valence-electron chi connectivity index (χ1n) is 5.13. The van der Waals surface area contributed by atoms with Crippen LogP contribution in [0.5, 0.6) is 0 Å². The summed E-state index contributed by atoms with van der Waals surface area (Å²) in [6, 6.07) is 5.24. The van der Waals surface area contributed by atoms with Crippen molar-refractivity contribution in [2.45, 2.75) is 13.8 Å². The first-order valence-corrected chi connectivity index (χ1v) is 5.13. The molecule has 0 amide bonds. The average Bonchev–Trinajstić information content (AvgIpc) is 2.74. The Morgan fingerprint density at radius 1 is 1.50 bits per heavy atom. The molecule has 0 radical (unpaired) electrons. The van der Waals surface area contributed by atoms with Gasteiger partial charge in [-0.15, -0.1) is 0 Å². The van der Waals surface area contributed by atoms with Crippen LogP contribution in [0, 0.1) is 5.41 Å². The van der Waals surface area contributed by atoms with Crippen molar-refractivity contribution in [3.8, 4) is 0 Å². The molecule has 0 aliphatic rings. The third kappa shape index (κ3) is 1.72. The molecule has 0 saturated carbocycles. The first kappa shape index (κ1) is 10.8. The summed E-state index contributed by atoms with van der Waals surface area (Å²) in [5, 5.41) is 0. The highest BCUT2D eigenvalue weighted by Crippen LogP contribution is 2.23. The van der Waals surface area contributed by atoms with Gasteiger partial charge in [0.15, 0.2) is 17.8 Å². The lowest BCUT2D eigenvalue weighted by atomic mass is 9.84. The number of aromatic nitrogens is 1.